The zero-order valence-corrected chi connectivity index (χ0v) is 11.8. The van der Waals surface area contributed by atoms with Crippen LogP contribution in [0.4, 0.5) is 0 Å². The fourth-order valence-corrected chi connectivity index (χ4v) is 2.81. The van der Waals surface area contributed by atoms with E-state index in [1.807, 2.05) is 18.2 Å². The molecule has 0 bridgehead atoms. The zero-order chi connectivity index (χ0) is 14.8. The maximum atomic E-state index is 11.8. The van der Waals surface area contributed by atoms with Gasteiger partial charge in [0, 0.05) is 0 Å². The Morgan fingerprint density at radius 2 is 2.05 bits per heavy atom. The Hall–Kier alpha value is -2.04. The molecule has 1 aromatic rings. The van der Waals surface area contributed by atoms with E-state index in [-0.39, 0.29) is 18.4 Å². The van der Waals surface area contributed by atoms with E-state index in [9.17, 15) is 9.59 Å². The molecule has 1 unspecified atom stereocenters. The van der Waals surface area contributed by atoms with E-state index in [0.29, 0.717) is 5.75 Å². The number of carboxylic acids is 1. The van der Waals surface area contributed by atoms with Gasteiger partial charge in [0.15, 0.2) is 6.61 Å². The summed E-state index contributed by atoms with van der Waals surface area (Å²) in [4.78, 5) is 22.9. The van der Waals surface area contributed by atoms with Gasteiger partial charge in [0.1, 0.15) is 11.8 Å². The second kappa shape index (κ2) is 5.76. The monoisotopic (exact) mass is 289 g/mol. The van der Waals surface area contributed by atoms with Crippen LogP contribution >= 0.6 is 0 Å². The number of benzene rings is 1. The Balaban J connectivity index is 1.52. The standard InChI is InChI=1S/C16H19NO4/c18-14(17-15(16(19)20)11-4-5-11)9-21-13-7-6-10-2-1-3-12(10)8-13/h6-8,11,15H,1-5,9H2,(H,17,18)(H,19,20). The molecule has 0 saturated heterocycles. The van der Waals surface area contributed by atoms with Gasteiger partial charge in [-0.2, -0.15) is 0 Å². The van der Waals surface area contributed by atoms with Crippen molar-refractivity contribution in [2.24, 2.45) is 5.92 Å². The van der Waals surface area contributed by atoms with E-state index in [0.717, 1.165) is 25.7 Å². The molecule has 5 heteroatoms. The molecule has 2 aliphatic carbocycles. The lowest BCUT2D eigenvalue weighted by Crippen LogP contribution is -2.44. The van der Waals surface area contributed by atoms with Crippen LogP contribution in [0.2, 0.25) is 0 Å². The number of hydrogen-bond acceptors (Lipinski definition) is 3. The van der Waals surface area contributed by atoms with Gasteiger partial charge in [0.2, 0.25) is 0 Å². The van der Waals surface area contributed by atoms with Gasteiger partial charge < -0.3 is 15.2 Å². The SMILES string of the molecule is O=C(COc1ccc2c(c1)CCC2)NC(C(=O)O)C1CC1. The van der Waals surface area contributed by atoms with Crippen LogP contribution in [0.15, 0.2) is 18.2 Å². The number of carbonyl (C=O) groups excluding carboxylic acids is 1. The second-order valence-corrected chi connectivity index (χ2v) is 5.79. The van der Waals surface area contributed by atoms with Crippen molar-refractivity contribution >= 4 is 11.9 Å². The molecule has 5 nitrogen and oxygen atoms in total. The van der Waals surface area contributed by atoms with E-state index < -0.39 is 12.0 Å². The number of aryl methyl sites for hydroxylation is 2. The molecular formula is C16H19NO4. The van der Waals surface area contributed by atoms with Crippen LogP contribution in [0.1, 0.15) is 30.4 Å². The molecule has 0 radical (unpaired) electrons. The number of aliphatic carboxylic acids is 1. The quantitative estimate of drug-likeness (QED) is 0.833. The average molecular weight is 289 g/mol. The number of hydrogen-bond donors (Lipinski definition) is 2. The molecule has 2 aliphatic rings. The Kier molecular flexibility index (Phi) is 3.82. The molecule has 2 N–H and O–H groups in total. The molecule has 3 rings (SSSR count). The van der Waals surface area contributed by atoms with Gasteiger partial charge >= 0.3 is 5.97 Å². The number of amides is 1. The minimum atomic E-state index is -0.969. The van der Waals surface area contributed by atoms with Gasteiger partial charge in [-0.25, -0.2) is 4.79 Å². The Morgan fingerprint density at radius 1 is 1.29 bits per heavy atom. The summed E-state index contributed by atoms with van der Waals surface area (Å²) in [7, 11) is 0. The first-order chi connectivity index (χ1) is 10.1. The summed E-state index contributed by atoms with van der Waals surface area (Å²) in [5.41, 5.74) is 2.64. The van der Waals surface area contributed by atoms with Gasteiger partial charge in [-0.3, -0.25) is 4.79 Å². The van der Waals surface area contributed by atoms with E-state index >= 15 is 0 Å². The van der Waals surface area contributed by atoms with Gasteiger partial charge in [-0.05, 0) is 61.3 Å². The summed E-state index contributed by atoms with van der Waals surface area (Å²) >= 11 is 0. The Bertz CT molecular complexity index is 565. The van der Waals surface area contributed by atoms with Crippen molar-refractivity contribution in [3.63, 3.8) is 0 Å². The maximum Gasteiger partial charge on any atom is 0.326 e. The molecule has 1 atom stereocenters. The molecule has 112 valence electrons. The Labute approximate surface area is 123 Å². The highest BCUT2D eigenvalue weighted by molar-refractivity contribution is 5.84. The average Bonchev–Trinajstić information content (AvgIpc) is 3.19. The summed E-state index contributed by atoms with van der Waals surface area (Å²) in [5, 5.41) is 11.6. The van der Waals surface area contributed by atoms with Crippen LogP contribution < -0.4 is 10.1 Å². The highest BCUT2D eigenvalue weighted by atomic mass is 16.5. The molecular weight excluding hydrogens is 270 g/mol. The van der Waals surface area contributed by atoms with Crippen molar-refractivity contribution in [1.29, 1.82) is 0 Å². The lowest BCUT2D eigenvalue weighted by Gasteiger charge is -2.14. The number of rotatable bonds is 6. The summed E-state index contributed by atoms with van der Waals surface area (Å²) < 4.78 is 5.47. The van der Waals surface area contributed by atoms with Crippen LogP contribution in [0, 0.1) is 5.92 Å². The first-order valence-corrected chi connectivity index (χ1v) is 7.40. The lowest BCUT2D eigenvalue weighted by molar-refractivity contribution is -0.142. The van der Waals surface area contributed by atoms with E-state index in [1.54, 1.807) is 0 Å². The van der Waals surface area contributed by atoms with Crippen molar-refractivity contribution in [2.45, 2.75) is 38.1 Å². The highest BCUT2D eigenvalue weighted by Crippen LogP contribution is 2.32. The molecule has 0 aromatic heterocycles. The number of ether oxygens (including phenoxy) is 1. The van der Waals surface area contributed by atoms with E-state index in [4.69, 9.17) is 9.84 Å². The third kappa shape index (κ3) is 3.35. The molecule has 0 heterocycles. The second-order valence-electron chi connectivity index (χ2n) is 5.79. The van der Waals surface area contributed by atoms with Gasteiger partial charge in [0.25, 0.3) is 5.91 Å². The lowest BCUT2D eigenvalue weighted by atomic mass is 10.1. The minimum Gasteiger partial charge on any atom is -0.484 e. The van der Waals surface area contributed by atoms with Crippen molar-refractivity contribution < 1.29 is 19.4 Å². The topological polar surface area (TPSA) is 75.6 Å². The molecule has 1 fully saturated rings. The van der Waals surface area contributed by atoms with Crippen LogP contribution in [-0.2, 0) is 22.4 Å². The van der Waals surface area contributed by atoms with Gasteiger partial charge in [-0.15, -0.1) is 0 Å². The smallest absolute Gasteiger partial charge is 0.326 e. The third-order valence-corrected chi connectivity index (χ3v) is 4.12. The fourth-order valence-electron chi connectivity index (χ4n) is 2.81. The molecule has 1 saturated carbocycles. The summed E-state index contributed by atoms with van der Waals surface area (Å²) in [6.45, 7) is -0.144. The minimum absolute atomic E-state index is 0.0754. The summed E-state index contributed by atoms with van der Waals surface area (Å²) in [6, 6.07) is 5.11. The highest BCUT2D eigenvalue weighted by Gasteiger charge is 2.37. The van der Waals surface area contributed by atoms with E-state index in [2.05, 4.69) is 5.32 Å². The van der Waals surface area contributed by atoms with Gasteiger partial charge in [-0.1, -0.05) is 6.07 Å². The normalized spacial score (nSPS) is 17.9. The predicted molar refractivity (Wildman–Crippen MR) is 76.3 cm³/mol. The molecule has 0 spiro atoms. The maximum absolute atomic E-state index is 11.8. The summed E-state index contributed by atoms with van der Waals surface area (Å²) in [5.74, 6) is -0.603. The van der Waals surface area contributed by atoms with Crippen molar-refractivity contribution in [2.75, 3.05) is 6.61 Å². The van der Waals surface area contributed by atoms with E-state index in [1.165, 1.54) is 17.5 Å². The Morgan fingerprint density at radius 3 is 2.76 bits per heavy atom. The predicted octanol–water partition coefficient (Wildman–Crippen LogP) is 1.53. The van der Waals surface area contributed by atoms with Crippen LogP contribution in [0.25, 0.3) is 0 Å². The number of nitrogens with one attached hydrogen (secondary N) is 1. The first kappa shape index (κ1) is 13.9. The first-order valence-electron chi connectivity index (χ1n) is 7.40. The third-order valence-electron chi connectivity index (χ3n) is 4.12. The van der Waals surface area contributed by atoms with Gasteiger partial charge in [0.05, 0.1) is 0 Å². The van der Waals surface area contributed by atoms with Crippen LogP contribution in [-0.4, -0.2) is 29.6 Å². The van der Waals surface area contributed by atoms with Crippen molar-refractivity contribution in [1.82, 2.24) is 5.32 Å². The van der Waals surface area contributed by atoms with Crippen LogP contribution in [0.3, 0.4) is 0 Å². The zero-order valence-electron chi connectivity index (χ0n) is 11.8. The molecule has 1 amide bonds. The van der Waals surface area contributed by atoms with Crippen molar-refractivity contribution in [3.8, 4) is 5.75 Å². The largest absolute Gasteiger partial charge is 0.484 e. The number of carbonyl (C=O) groups is 2. The van der Waals surface area contributed by atoms with Crippen molar-refractivity contribution in [3.05, 3.63) is 29.3 Å². The molecule has 1 aromatic carbocycles. The van der Waals surface area contributed by atoms with Crippen LogP contribution in [0.5, 0.6) is 5.75 Å². The fraction of sp³-hybridized carbons (Fsp3) is 0.500. The number of fused-ring (bicyclic) bond motifs is 1. The molecule has 0 aliphatic heterocycles. The molecule has 21 heavy (non-hydrogen) atoms. The summed E-state index contributed by atoms with van der Waals surface area (Å²) in [6.07, 6.45) is 5.06. The number of carboxylic acid groups (broad SMARTS) is 1.